The first-order valence-corrected chi connectivity index (χ1v) is 8.22. The van der Waals surface area contributed by atoms with E-state index in [1.807, 2.05) is 0 Å². The Hall–Kier alpha value is -2.78. The van der Waals surface area contributed by atoms with Gasteiger partial charge in [0.2, 0.25) is 0 Å². The van der Waals surface area contributed by atoms with Crippen LogP contribution < -0.4 is 10.3 Å². The summed E-state index contributed by atoms with van der Waals surface area (Å²) in [6, 6.07) is 6.66. The van der Waals surface area contributed by atoms with Gasteiger partial charge in [0.15, 0.2) is 0 Å². The van der Waals surface area contributed by atoms with Crippen LogP contribution in [0.5, 0.6) is 5.75 Å². The number of aromatic nitrogens is 1. The van der Waals surface area contributed by atoms with Crippen molar-refractivity contribution in [3.8, 4) is 22.9 Å². The quantitative estimate of drug-likeness (QED) is 0.847. The number of hydrogen-bond acceptors (Lipinski definition) is 4. The van der Waals surface area contributed by atoms with E-state index in [0.717, 1.165) is 0 Å². The fraction of sp³-hybridized carbons (Fsp3) is 0.316. The van der Waals surface area contributed by atoms with E-state index in [4.69, 9.17) is 16.3 Å². The molecule has 2 N–H and O–H groups in total. The molecule has 2 aromatic rings. The molecule has 7 heteroatoms. The molecule has 0 aliphatic heterocycles. The topological polar surface area (TPSA) is 103 Å². The van der Waals surface area contributed by atoms with Gasteiger partial charge in [0.1, 0.15) is 5.75 Å². The molecule has 1 atom stereocenters. The maximum atomic E-state index is 12.7. The smallest absolute Gasteiger partial charge is 0.311 e. The number of carboxylic acids is 1. The number of rotatable bonds is 4. The fourth-order valence-corrected chi connectivity index (χ4v) is 3.16. The molecule has 0 saturated carbocycles. The summed E-state index contributed by atoms with van der Waals surface area (Å²) in [4.78, 5) is 27.2. The minimum Gasteiger partial charge on any atom is -0.495 e. The predicted molar refractivity (Wildman–Crippen MR) is 98.6 cm³/mol. The van der Waals surface area contributed by atoms with Gasteiger partial charge in [-0.15, -0.1) is 0 Å². The Morgan fingerprint density at radius 3 is 2.54 bits per heavy atom. The number of carboxylic acid groups (broad SMARTS) is 1. The van der Waals surface area contributed by atoms with Crippen molar-refractivity contribution in [3.05, 3.63) is 50.9 Å². The minimum absolute atomic E-state index is 0.0307. The normalized spacial score (nSPS) is 12.3. The van der Waals surface area contributed by atoms with E-state index in [1.54, 1.807) is 26.8 Å². The van der Waals surface area contributed by atoms with Gasteiger partial charge in [-0.25, -0.2) is 0 Å². The number of halogens is 1. The zero-order valence-electron chi connectivity index (χ0n) is 14.9. The van der Waals surface area contributed by atoms with Crippen molar-refractivity contribution in [2.75, 3.05) is 7.11 Å². The van der Waals surface area contributed by atoms with Gasteiger partial charge in [-0.05, 0) is 23.6 Å². The Labute approximate surface area is 156 Å². The molecule has 6 nitrogen and oxygen atoms in total. The maximum Gasteiger partial charge on any atom is 0.311 e. The van der Waals surface area contributed by atoms with Gasteiger partial charge < -0.3 is 14.8 Å². The third-order valence-electron chi connectivity index (χ3n) is 4.09. The van der Waals surface area contributed by atoms with Crippen molar-refractivity contribution in [2.45, 2.75) is 26.7 Å². The Bertz CT molecular complexity index is 951. The van der Waals surface area contributed by atoms with Crippen LogP contribution in [0.1, 0.15) is 37.8 Å². The van der Waals surface area contributed by atoms with Gasteiger partial charge in [0, 0.05) is 27.9 Å². The first-order valence-electron chi connectivity index (χ1n) is 7.84. The molecule has 1 aromatic carbocycles. The van der Waals surface area contributed by atoms with Gasteiger partial charge >= 0.3 is 5.97 Å². The lowest BCUT2D eigenvalue weighted by molar-refractivity contribution is -0.141. The van der Waals surface area contributed by atoms with Crippen LogP contribution in [-0.4, -0.2) is 23.2 Å². The fourth-order valence-electron chi connectivity index (χ4n) is 2.99. The SMILES string of the molecule is COc1c[nH]c(=O)c(C(C(=O)O)C(C)(C)C)c1-c1cc(Cl)ccc1C#N. The highest BCUT2D eigenvalue weighted by molar-refractivity contribution is 6.31. The maximum absolute atomic E-state index is 12.7. The van der Waals surface area contributed by atoms with Gasteiger partial charge in [-0.3, -0.25) is 9.59 Å². The van der Waals surface area contributed by atoms with Crippen molar-refractivity contribution in [1.82, 2.24) is 4.98 Å². The average Bonchev–Trinajstić information content (AvgIpc) is 2.54. The number of hydrogen-bond donors (Lipinski definition) is 2. The second kappa shape index (κ2) is 7.22. The Morgan fingerprint density at radius 2 is 2.04 bits per heavy atom. The molecular formula is C19H19ClN2O4. The largest absolute Gasteiger partial charge is 0.495 e. The molecule has 0 aliphatic carbocycles. The number of nitriles is 1. The molecule has 1 unspecified atom stereocenters. The second-order valence-electron chi connectivity index (χ2n) is 6.91. The summed E-state index contributed by atoms with van der Waals surface area (Å²) in [7, 11) is 1.41. The van der Waals surface area contributed by atoms with E-state index in [0.29, 0.717) is 10.6 Å². The van der Waals surface area contributed by atoms with Crippen LogP contribution in [0, 0.1) is 16.7 Å². The lowest BCUT2D eigenvalue weighted by Gasteiger charge is -2.29. The monoisotopic (exact) mass is 374 g/mol. The minimum atomic E-state index is -1.14. The molecule has 0 spiro atoms. The van der Waals surface area contributed by atoms with Crippen LogP contribution in [0.3, 0.4) is 0 Å². The van der Waals surface area contributed by atoms with Crippen LogP contribution in [0.4, 0.5) is 0 Å². The van der Waals surface area contributed by atoms with Crippen molar-refractivity contribution >= 4 is 17.6 Å². The van der Waals surface area contributed by atoms with E-state index >= 15 is 0 Å². The molecule has 0 fully saturated rings. The number of aliphatic carboxylic acids is 1. The second-order valence-corrected chi connectivity index (χ2v) is 7.35. The van der Waals surface area contributed by atoms with Gasteiger partial charge in [0.05, 0.1) is 24.7 Å². The van der Waals surface area contributed by atoms with E-state index in [2.05, 4.69) is 11.1 Å². The summed E-state index contributed by atoms with van der Waals surface area (Å²) in [5.74, 6) is -2.01. The van der Waals surface area contributed by atoms with Crippen molar-refractivity contribution in [2.24, 2.45) is 5.41 Å². The van der Waals surface area contributed by atoms with Crippen LogP contribution in [0.2, 0.25) is 5.02 Å². The Morgan fingerprint density at radius 1 is 1.38 bits per heavy atom. The highest BCUT2D eigenvalue weighted by Gasteiger charge is 2.38. The van der Waals surface area contributed by atoms with Gasteiger partial charge in [0.25, 0.3) is 5.56 Å². The number of pyridine rings is 1. The zero-order chi connectivity index (χ0) is 19.6. The van der Waals surface area contributed by atoms with Crippen LogP contribution in [-0.2, 0) is 4.79 Å². The highest BCUT2D eigenvalue weighted by Crippen LogP contribution is 2.43. The van der Waals surface area contributed by atoms with E-state index < -0.39 is 22.9 Å². The molecule has 0 aliphatic rings. The molecule has 0 amide bonds. The first kappa shape index (κ1) is 19.5. The number of carbonyl (C=O) groups is 1. The molecule has 1 heterocycles. The zero-order valence-corrected chi connectivity index (χ0v) is 15.6. The molecular weight excluding hydrogens is 356 g/mol. The first-order chi connectivity index (χ1) is 12.1. The number of benzene rings is 1. The summed E-state index contributed by atoms with van der Waals surface area (Å²) in [6.45, 7) is 5.20. The molecule has 0 saturated heterocycles. The third-order valence-corrected chi connectivity index (χ3v) is 4.32. The number of ether oxygens (including phenoxy) is 1. The number of H-pyrrole nitrogens is 1. The van der Waals surface area contributed by atoms with Crippen LogP contribution >= 0.6 is 11.6 Å². The van der Waals surface area contributed by atoms with Crippen molar-refractivity contribution in [1.29, 1.82) is 5.26 Å². The molecule has 0 bridgehead atoms. The van der Waals surface area contributed by atoms with Crippen molar-refractivity contribution < 1.29 is 14.6 Å². The molecule has 26 heavy (non-hydrogen) atoms. The standard InChI is InChI=1S/C19H19ClN2O4/c1-19(2,3)16(18(24)25)15-14(13(26-4)9-22-17(15)23)12-7-11(20)6-5-10(12)8-21/h5-7,9,16H,1-4H3,(H,22,23)(H,24,25). The summed E-state index contributed by atoms with van der Waals surface area (Å²) in [5, 5.41) is 19.6. The molecule has 0 radical (unpaired) electrons. The Kier molecular flexibility index (Phi) is 5.43. The molecule has 2 rings (SSSR count). The third kappa shape index (κ3) is 3.58. The number of methoxy groups -OCH3 is 1. The lowest BCUT2D eigenvalue weighted by atomic mass is 9.74. The average molecular weight is 375 g/mol. The van der Waals surface area contributed by atoms with E-state index in [1.165, 1.54) is 25.4 Å². The van der Waals surface area contributed by atoms with E-state index in [-0.39, 0.29) is 22.4 Å². The molecule has 136 valence electrons. The van der Waals surface area contributed by atoms with Gasteiger partial charge in [-0.1, -0.05) is 32.4 Å². The van der Waals surface area contributed by atoms with Crippen LogP contribution in [0.25, 0.3) is 11.1 Å². The Balaban J connectivity index is 3.01. The van der Waals surface area contributed by atoms with Gasteiger partial charge in [-0.2, -0.15) is 5.26 Å². The summed E-state index contributed by atoms with van der Waals surface area (Å²) >= 11 is 6.09. The summed E-state index contributed by atoms with van der Waals surface area (Å²) in [5.41, 5.74) is -0.399. The van der Waals surface area contributed by atoms with Crippen LogP contribution in [0.15, 0.2) is 29.2 Å². The van der Waals surface area contributed by atoms with E-state index in [9.17, 15) is 20.0 Å². The number of nitrogens with zero attached hydrogens (tertiary/aromatic N) is 1. The number of aromatic amines is 1. The predicted octanol–water partition coefficient (Wildman–Crippen LogP) is 3.79. The number of nitrogens with one attached hydrogen (secondary N) is 1. The highest BCUT2D eigenvalue weighted by atomic mass is 35.5. The summed E-state index contributed by atoms with van der Waals surface area (Å²) in [6.07, 6.45) is 1.35. The molecule has 1 aromatic heterocycles. The summed E-state index contributed by atoms with van der Waals surface area (Å²) < 4.78 is 5.36. The van der Waals surface area contributed by atoms with Crippen molar-refractivity contribution in [3.63, 3.8) is 0 Å². The lowest BCUT2D eigenvalue weighted by Crippen LogP contribution is -2.32.